The second kappa shape index (κ2) is 8.56. The van der Waals surface area contributed by atoms with Crippen LogP contribution in [0.4, 0.5) is 4.79 Å². The van der Waals surface area contributed by atoms with E-state index in [0.29, 0.717) is 13.0 Å². The van der Waals surface area contributed by atoms with Gasteiger partial charge in [-0.05, 0) is 37.0 Å². The van der Waals surface area contributed by atoms with Crippen molar-refractivity contribution in [2.45, 2.75) is 38.3 Å². The number of carbonyl (C=O) groups excluding carboxylic acids is 2. The number of ether oxygens (including phenoxy) is 1. The molecule has 1 aromatic heterocycles. The maximum atomic E-state index is 12.9. The van der Waals surface area contributed by atoms with E-state index >= 15 is 0 Å². The zero-order valence-electron chi connectivity index (χ0n) is 15.4. The lowest BCUT2D eigenvalue weighted by molar-refractivity contribution is -0.134. The van der Waals surface area contributed by atoms with Gasteiger partial charge in [-0.1, -0.05) is 35.0 Å². The molecule has 27 heavy (non-hydrogen) atoms. The summed E-state index contributed by atoms with van der Waals surface area (Å²) in [5.41, 5.74) is 1.95. The molecule has 0 radical (unpaired) electrons. The van der Waals surface area contributed by atoms with Crippen LogP contribution in [0.3, 0.4) is 0 Å². The van der Waals surface area contributed by atoms with Crippen LogP contribution in [0.1, 0.15) is 38.1 Å². The van der Waals surface area contributed by atoms with Gasteiger partial charge in [0.1, 0.15) is 11.9 Å². The molecule has 1 saturated heterocycles. The molecule has 1 aromatic carbocycles. The number of H-pyrrole nitrogens is 1. The summed E-state index contributed by atoms with van der Waals surface area (Å²) < 4.78 is 5.64. The van der Waals surface area contributed by atoms with Crippen LogP contribution in [0.2, 0.25) is 0 Å². The van der Waals surface area contributed by atoms with Crippen molar-refractivity contribution >= 4 is 27.9 Å². The van der Waals surface area contributed by atoms with Gasteiger partial charge in [0, 0.05) is 11.0 Å². The highest BCUT2D eigenvalue weighted by atomic mass is 79.9. The van der Waals surface area contributed by atoms with Gasteiger partial charge in [-0.15, -0.1) is 0 Å². The molecule has 0 spiro atoms. The van der Waals surface area contributed by atoms with Crippen molar-refractivity contribution in [1.82, 2.24) is 20.2 Å². The maximum Gasteiger partial charge on any atom is 0.407 e. The van der Waals surface area contributed by atoms with Gasteiger partial charge >= 0.3 is 6.09 Å². The second-order valence-electron chi connectivity index (χ2n) is 6.48. The van der Waals surface area contributed by atoms with E-state index in [-0.39, 0.29) is 11.9 Å². The van der Waals surface area contributed by atoms with Gasteiger partial charge in [-0.2, -0.15) is 0 Å². The van der Waals surface area contributed by atoms with Gasteiger partial charge in [0.25, 0.3) is 0 Å². The molecule has 2 N–H and O–H groups in total. The third-order valence-electron chi connectivity index (χ3n) is 4.79. The summed E-state index contributed by atoms with van der Waals surface area (Å²) >= 11 is 3.43. The number of halogens is 1. The third kappa shape index (κ3) is 4.32. The molecule has 2 amide bonds. The van der Waals surface area contributed by atoms with E-state index in [0.717, 1.165) is 34.4 Å². The highest BCUT2D eigenvalue weighted by Gasteiger charge is 2.35. The fourth-order valence-corrected chi connectivity index (χ4v) is 3.60. The molecule has 2 aromatic rings. The fourth-order valence-electron chi connectivity index (χ4n) is 3.34. The van der Waals surface area contributed by atoms with Crippen LogP contribution in [-0.4, -0.2) is 46.6 Å². The summed E-state index contributed by atoms with van der Waals surface area (Å²) in [5, 5.41) is 2.61. The van der Waals surface area contributed by atoms with E-state index in [1.54, 1.807) is 11.1 Å². The largest absolute Gasteiger partial charge is 0.453 e. The smallest absolute Gasteiger partial charge is 0.407 e. The molecule has 0 saturated carbocycles. The van der Waals surface area contributed by atoms with Crippen LogP contribution >= 0.6 is 15.9 Å². The Balaban J connectivity index is 1.77. The number of likely N-dealkylation sites (tertiary alicyclic amines) is 1. The number of nitrogens with zero attached hydrogens (tertiary/aromatic N) is 2. The van der Waals surface area contributed by atoms with E-state index in [2.05, 4.69) is 36.0 Å². The molecule has 1 aliphatic rings. The predicted molar refractivity (Wildman–Crippen MR) is 105 cm³/mol. The van der Waals surface area contributed by atoms with Gasteiger partial charge in [-0.25, -0.2) is 9.78 Å². The minimum absolute atomic E-state index is 0.105. The van der Waals surface area contributed by atoms with E-state index in [4.69, 9.17) is 0 Å². The standard InChI is InChI=1S/C19H23BrN4O3/c1-3-14(23-19(26)27-2)18(25)24-10-4-5-16(24)17-21-11-15(22-17)12-6-8-13(20)9-7-12/h6-9,11,14,16H,3-5,10H2,1-2H3,(H,21,22)(H,23,26). The lowest BCUT2D eigenvalue weighted by Crippen LogP contribution is -2.48. The van der Waals surface area contributed by atoms with Crippen LogP contribution in [-0.2, 0) is 9.53 Å². The first-order valence-corrected chi connectivity index (χ1v) is 9.78. The minimum atomic E-state index is -0.598. The molecule has 2 heterocycles. The summed E-state index contributed by atoms with van der Waals surface area (Å²) in [6.07, 6.45) is 3.44. The van der Waals surface area contributed by atoms with E-state index in [9.17, 15) is 9.59 Å². The van der Waals surface area contributed by atoms with Crippen molar-refractivity contribution in [3.05, 3.63) is 40.8 Å². The summed E-state index contributed by atoms with van der Waals surface area (Å²) in [4.78, 5) is 34.1. The quantitative estimate of drug-likeness (QED) is 0.751. The Labute approximate surface area is 166 Å². The number of aromatic nitrogens is 2. The van der Waals surface area contributed by atoms with E-state index in [1.807, 2.05) is 31.2 Å². The molecule has 0 bridgehead atoms. The minimum Gasteiger partial charge on any atom is -0.453 e. The van der Waals surface area contributed by atoms with Gasteiger partial charge in [-0.3, -0.25) is 4.79 Å². The van der Waals surface area contributed by atoms with Crippen molar-refractivity contribution in [1.29, 1.82) is 0 Å². The summed E-state index contributed by atoms with van der Waals surface area (Å²) in [6.45, 7) is 2.51. The average Bonchev–Trinajstić information content (AvgIpc) is 3.35. The van der Waals surface area contributed by atoms with E-state index in [1.165, 1.54) is 7.11 Å². The summed E-state index contributed by atoms with van der Waals surface area (Å²) in [6, 6.07) is 7.25. The summed E-state index contributed by atoms with van der Waals surface area (Å²) in [5.74, 6) is 0.665. The molecule has 3 rings (SSSR count). The average molecular weight is 435 g/mol. The Morgan fingerprint density at radius 2 is 2.15 bits per heavy atom. The summed E-state index contributed by atoms with van der Waals surface area (Å²) in [7, 11) is 1.29. The highest BCUT2D eigenvalue weighted by molar-refractivity contribution is 9.10. The topological polar surface area (TPSA) is 87.3 Å². The highest BCUT2D eigenvalue weighted by Crippen LogP contribution is 2.32. The van der Waals surface area contributed by atoms with Gasteiger partial charge in [0.2, 0.25) is 5.91 Å². The number of amides is 2. The first kappa shape index (κ1) is 19.4. The SMILES string of the molecule is CCC(NC(=O)OC)C(=O)N1CCCC1c1ncc(-c2ccc(Br)cc2)[nH]1. The Morgan fingerprint density at radius 1 is 1.41 bits per heavy atom. The van der Waals surface area contributed by atoms with Crippen LogP contribution < -0.4 is 5.32 Å². The third-order valence-corrected chi connectivity index (χ3v) is 5.31. The Hall–Kier alpha value is -2.35. The number of hydrogen-bond acceptors (Lipinski definition) is 4. The monoisotopic (exact) mass is 434 g/mol. The molecule has 2 atom stereocenters. The van der Waals surface area contributed by atoms with Gasteiger partial charge in [0.15, 0.2) is 0 Å². The number of imidazole rings is 1. The molecule has 7 nitrogen and oxygen atoms in total. The Kier molecular flexibility index (Phi) is 6.15. The van der Waals surface area contributed by atoms with Crippen molar-refractivity contribution in [3.63, 3.8) is 0 Å². The molecular formula is C19H23BrN4O3. The van der Waals surface area contributed by atoms with Crippen molar-refractivity contribution in [2.75, 3.05) is 13.7 Å². The molecule has 8 heteroatoms. The van der Waals surface area contributed by atoms with Crippen molar-refractivity contribution in [3.8, 4) is 11.3 Å². The lowest BCUT2D eigenvalue weighted by Gasteiger charge is -2.27. The maximum absolute atomic E-state index is 12.9. The Morgan fingerprint density at radius 3 is 2.81 bits per heavy atom. The molecular weight excluding hydrogens is 412 g/mol. The molecule has 0 aliphatic carbocycles. The van der Waals surface area contributed by atoms with Crippen molar-refractivity contribution in [2.24, 2.45) is 0 Å². The van der Waals surface area contributed by atoms with Gasteiger partial charge < -0.3 is 19.9 Å². The van der Waals surface area contributed by atoms with Crippen LogP contribution in [0.15, 0.2) is 34.9 Å². The number of hydrogen-bond donors (Lipinski definition) is 2. The first-order chi connectivity index (χ1) is 13.0. The second-order valence-corrected chi connectivity index (χ2v) is 7.39. The van der Waals surface area contributed by atoms with Crippen LogP contribution in [0.25, 0.3) is 11.3 Å². The van der Waals surface area contributed by atoms with Crippen LogP contribution in [0, 0.1) is 0 Å². The van der Waals surface area contributed by atoms with Crippen molar-refractivity contribution < 1.29 is 14.3 Å². The molecule has 1 aliphatic heterocycles. The zero-order valence-corrected chi connectivity index (χ0v) is 17.0. The predicted octanol–water partition coefficient (Wildman–Crippen LogP) is 3.64. The number of nitrogens with one attached hydrogen (secondary N) is 2. The molecule has 144 valence electrons. The lowest BCUT2D eigenvalue weighted by atomic mass is 10.1. The number of aromatic amines is 1. The molecule has 1 fully saturated rings. The Bertz CT molecular complexity index is 806. The van der Waals surface area contributed by atoms with E-state index < -0.39 is 12.1 Å². The fraction of sp³-hybridized carbons (Fsp3) is 0.421. The number of methoxy groups -OCH3 is 1. The number of benzene rings is 1. The number of rotatable bonds is 5. The van der Waals surface area contributed by atoms with Gasteiger partial charge in [0.05, 0.1) is 25.0 Å². The zero-order chi connectivity index (χ0) is 19.4. The van der Waals surface area contributed by atoms with Crippen LogP contribution in [0.5, 0.6) is 0 Å². The number of alkyl carbamates (subject to hydrolysis) is 1. The first-order valence-electron chi connectivity index (χ1n) is 8.99. The normalized spacial score (nSPS) is 17.6. The molecule has 2 unspecified atom stereocenters. The number of carbonyl (C=O) groups is 2.